The van der Waals surface area contributed by atoms with Gasteiger partial charge in [0.15, 0.2) is 11.8 Å². The average molecular weight is 443 g/mol. The van der Waals surface area contributed by atoms with Crippen molar-refractivity contribution in [1.29, 1.82) is 0 Å². The number of nitrogens with zero attached hydrogens (tertiary/aromatic N) is 1. The van der Waals surface area contributed by atoms with E-state index in [2.05, 4.69) is 5.32 Å². The second kappa shape index (κ2) is 9.96. The van der Waals surface area contributed by atoms with E-state index in [9.17, 15) is 14.4 Å². The Labute approximate surface area is 187 Å². The normalized spacial score (nSPS) is 16.6. The van der Waals surface area contributed by atoms with Crippen LogP contribution in [-0.2, 0) is 14.3 Å². The van der Waals surface area contributed by atoms with E-state index in [-0.39, 0.29) is 12.4 Å². The molecule has 1 aliphatic heterocycles. The van der Waals surface area contributed by atoms with Crippen LogP contribution in [-0.4, -0.2) is 47.8 Å². The molecule has 2 aromatic rings. The number of halogens is 1. The molecule has 1 heterocycles. The van der Waals surface area contributed by atoms with Gasteiger partial charge < -0.3 is 15.0 Å². The number of ketones is 1. The molecule has 0 bridgehead atoms. The van der Waals surface area contributed by atoms with Crippen molar-refractivity contribution in [2.45, 2.75) is 45.7 Å². The van der Waals surface area contributed by atoms with Gasteiger partial charge in [-0.1, -0.05) is 29.8 Å². The van der Waals surface area contributed by atoms with Crippen LogP contribution in [0.2, 0.25) is 5.02 Å². The second-order valence-electron chi connectivity index (χ2n) is 7.66. The van der Waals surface area contributed by atoms with Crippen LogP contribution in [0.5, 0.6) is 0 Å². The minimum absolute atomic E-state index is 0.241. The molecule has 31 heavy (non-hydrogen) atoms. The molecule has 3 rings (SSSR count). The van der Waals surface area contributed by atoms with Crippen LogP contribution < -0.4 is 5.32 Å². The standard InChI is InChI=1S/C24H27ClN2O4/c1-4-31-24(30)19-9-6-14-27(19)23(29)21(22(28)17-10-12-18(25)13-11-17)26-20-15(2)7-5-8-16(20)3/h5,7-8,10-13,19,21,26H,4,6,9,14H2,1-3H3/t19-,21?/m0/s1. The number of hydrogen-bond acceptors (Lipinski definition) is 5. The molecule has 0 spiro atoms. The molecule has 1 fully saturated rings. The minimum Gasteiger partial charge on any atom is -0.464 e. The van der Waals surface area contributed by atoms with Crippen molar-refractivity contribution in [3.8, 4) is 0 Å². The van der Waals surface area contributed by atoms with Crippen molar-refractivity contribution >= 4 is 34.9 Å². The van der Waals surface area contributed by atoms with E-state index in [1.165, 1.54) is 4.90 Å². The number of benzene rings is 2. The first kappa shape index (κ1) is 22.8. The summed E-state index contributed by atoms with van der Waals surface area (Å²) < 4.78 is 5.15. The number of aryl methyl sites for hydroxylation is 2. The van der Waals surface area contributed by atoms with Crippen LogP contribution in [0.15, 0.2) is 42.5 Å². The number of likely N-dealkylation sites (tertiary alicyclic amines) is 1. The molecular weight excluding hydrogens is 416 g/mol. The quantitative estimate of drug-likeness (QED) is 0.395. The third kappa shape index (κ3) is 5.07. The molecule has 0 saturated carbocycles. The Balaban J connectivity index is 1.96. The maximum atomic E-state index is 13.6. The van der Waals surface area contributed by atoms with E-state index in [0.29, 0.717) is 30.0 Å². The first-order valence-corrected chi connectivity index (χ1v) is 10.8. The lowest BCUT2D eigenvalue weighted by Gasteiger charge is -2.29. The summed E-state index contributed by atoms with van der Waals surface area (Å²) in [6.45, 7) is 6.21. The lowest BCUT2D eigenvalue weighted by molar-refractivity contribution is -0.152. The van der Waals surface area contributed by atoms with Crippen LogP contribution in [0.25, 0.3) is 0 Å². The Bertz CT molecular complexity index is 954. The fraction of sp³-hybridized carbons (Fsp3) is 0.375. The lowest BCUT2D eigenvalue weighted by atomic mass is 10.0. The van der Waals surface area contributed by atoms with Crippen molar-refractivity contribution in [3.63, 3.8) is 0 Å². The number of nitrogens with one attached hydrogen (secondary N) is 1. The second-order valence-corrected chi connectivity index (χ2v) is 8.09. The summed E-state index contributed by atoms with van der Waals surface area (Å²) in [6, 6.07) is 10.4. The van der Waals surface area contributed by atoms with Crippen molar-refractivity contribution in [3.05, 3.63) is 64.2 Å². The molecule has 2 atom stereocenters. The Kier molecular flexibility index (Phi) is 7.33. The molecule has 1 saturated heterocycles. The highest BCUT2D eigenvalue weighted by atomic mass is 35.5. The van der Waals surface area contributed by atoms with Gasteiger partial charge in [0.25, 0.3) is 5.91 Å². The van der Waals surface area contributed by atoms with Gasteiger partial charge in [-0.2, -0.15) is 0 Å². The first-order chi connectivity index (χ1) is 14.8. The van der Waals surface area contributed by atoms with Crippen LogP contribution in [0.1, 0.15) is 41.3 Å². The summed E-state index contributed by atoms with van der Waals surface area (Å²) in [5.41, 5.74) is 2.94. The molecule has 6 nitrogen and oxygen atoms in total. The number of rotatable bonds is 7. The van der Waals surface area contributed by atoms with E-state index in [1.54, 1.807) is 31.2 Å². The predicted octanol–water partition coefficient (Wildman–Crippen LogP) is 4.17. The summed E-state index contributed by atoms with van der Waals surface area (Å²) in [4.78, 5) is 40.9. The van der Waals surface area contributed by atoms with E-state index < -0.39 is 24.0 Å². The molecule has 0 aliphatic carbocycles. The number of esters is 1. The largest absolute Gasteiger partial charge is 0.464 e. The summed E-state index contributed by atoms with van der Waals surface area (Å²) in [7, 11) is 0. The van der Waals surface area contributed by atoms with Gasteiger partial charge >= 0.3 is 5.97 Å². The number of para-hydroxylation sites is 1. The summed E-state index contributed by atoms with van der Waals surface area (Å²) in [5, 5.41) is 3.67. The Morgan fingerprint density at radius 2 is 1.77 bits per heavy atom. The molecule has 0 aromatic heterocycles. The van der Waals surface area contributed by atoms with Gasteiger partial charge in [-0.3, -0.25) is 9.59 Å². The smallest absolute Gasteiger partial charge is 0.328 e. The van der Waals surface area contributed by atoms with Gasteiger partial charge in [0, 0.05) is 22.8 Å². The number of Topliss-reactive ketones (excluding diaryl/α,β-unsaturated/α-hetero) is 1. The summed E-state index contributed by atoms with van der Waals surface area (Å²) >= 11 is 5.96. The molecule has 0 radical (unpaired) electrons. The average Bonchev–Trinajstić information content (AvgIpc) is 3.23. The van der Waals surface area contributed by atoms with Gasteiger partial charge in [-0.05, 0) is 69.0 Å². The lowest BCUT2D eigenvalue weighted by Crippen LogP contribution is -2.51. The van der Waals surface area contributed by atoms with Crippen LogP contribution >= 0.6 is 11.6 Å². The highest BCUT2D eigenvalue weighted by Crippen LogP contribution is 2.25. The predicted molar refractivity (Wildman–Crippen MR) is 120 cm³/mol. The fourth-order valence-corrected chi connectivity index (χ4v) is 4.01. The van der Waals surface area contributed by atoms with E-state index in [4.69, 9.17) is 16.3 Å². The molecule has 1 unspecified atom stereocenters. The fourth-order valence-electron chi connectivity index (χ4n) is 3.89. The number of ether oxygens (including phenoxy) is 1. The van der Waals surface area contributed by atoms with Gasteiger partial charge in [0.2, 0.25) is 0 Å². The zero-order valence-electron chi connectivity index (χ0n) is 18.0. The zero-order chi connectivity index (χ0) is 22.5. The molecular formula is C24H27ClN2O4. The maximum absolute atomic E-state index is 13.6. The Hall–Kier alpha value is -2.86. The van der Waals surface area contributed by atoms with Crippen molar-refractivity contribution in [2.75, 3.05) is 18.5 Å². The van der Waals surface area contributed by atoms with Crippen molar-refractivity contribution in [1.82, 2.24) is 4.90 Å². The van der Waals surface area contributed by atoms with E-state index in [1.807, 2.05) is 32.0 Å². The molecule has 1 N–H and O–H groups in total. The van der Waals surface area contributed by atoms with Crippen molar-refractivity contribution in [2.24, 2.45) is 0 Å². The van der Waals surface area contributed by atoms with Crippen LogP contribution in [0.3, 0.4) is 0 Å². The number of carbonyl (C=O) groups excluding carboxylic acids is 3. The third-order valence-corrected chi connectivity index (χ3v) is 5.75. The van der Waals surface area contributed by atoms with Gasteiger partial charge in [0.1, 0.15) is 6.04 Å². The number of amides is 1. The topological polar surface area (TPSA) is 75.7 Å². The Morgan fingerprint density at radius 3 is 2.39 bits per heavy atom. The molecule has 2 aromatic carbocycles. The Morgan fingerprint density at radius 1 is 1.13 bits per heavy atom. The van der Waals surface area contributed by atoms with Gasteiger partial charge in [0.05, 0.1) is 6.61 Å². The molecule has 164 valence electrons. The van der Waals surface area contributed by atoms with Gasteiger partial charge in [-0.15, -0.1) is 0 Å². The maximum Gasteiger partial charge on any atom is 0.328 e. The van der Waals surface area contributed by atoms with Crippen molar-refractivity contribution < 1.29 is 19.1 Å². The van der Waals surface area contributed by atoms with Crippen LogP contribution in [0, 0.1) is 13.8 Å². The minimum atomic E-state index is -1.17. The number of anilines is 1. The van der Waals surface area contributed by atoms with Gasteiger partial charge in [-0.25, -0.2) is 4.79 Å². The molecule has 1 aliphatic rings. The summed E-state index contributed by atoms with van der Waals surface area (Å²) in [6.07, 6.45) is 1.20. The van der Waals surface area contributed by atoms with E-state index >= 15 is 0 Å². The number of carbonyl (C=O) groups is 3. The van der Waals surface area contributed by atoms with E-state index in [0.717, 1.165) is 16.8 Å². The molecule has 7 heteroatoms. The highest BCUT2D eigenvalue weighted by molar-refractivity contribution is 6.30. The number of hydrogen-bond donors (Lipinski definition) is 1. The first-order valence-electron chi connectivity index (χ1n) is 10.4. The van der Waals surface area contributed by atoms with Crippen LogP contribution in [0.4, 0.5) is 5.69 Å². The SMILES string of the molecule is CCOC(=O)[C@@H]1CCCN1C(=O)C(Nc1c(C)cccc1C)C(=O)c1ccc(Cl)cc1. The molecule has 1 amide bonds. The third-order valence-electron chi connectivity index (χ3n) is 5.50. The summed E-state index contributed by atoms with van der Waals surface area (Å²) in [5.74, 6) is -1.24. The monoisotopic (exact) mass is 442 g/mol. The highest BCUT2D eigenvalue weighted by Gasteiger charge is 2.40. The zero-order valence-corrected chi connectivity index (χ0v) is 18.7.